The summed E-state index contributed by atoms with van der Waals surface area (Å²) in [5, 5.41) is 31.3. The highest BCUT2D eigenvalue weighted by molar-refractivity contribution is 5.74. The van der Waals surface area contributed by atoms with Gasteiger partial charge in [0.15, 0.2) is 24.6 Å². The Morgan fingerprint density at radius 2 is 0.942 bits per heavy atom. The van der Waals surface area contributed by atoms with E-state index in [9.17, 15) is 34.5 Å². The first-order valence-corrected chi connectivity index (χ1v) is 27.3. The minimum atomic E-state index is -1.90. The number of carbonyl (C=O) groups is 4. The molecule has 0 aromatic carbocycles. The quantitative estimate of drug-likeness (QED) is 0.0228. The van der Waals surface area contributed by atoms with Crippen molar-refractivity contribution in [2.75, 3.05) is 13.2 Å². The van der Waals surface area contributed by atoms with E-state index in [1.165, 1.54) is 38.5 Å². The summed E-state index contributed by atoms with van der Waals surface area (Å²) >= 11 is 0. The molecule has 0 aliphatic carbocycles. The average molecular weight is 973 g/mol. The van der Waals surface area contributed by atoms with Crippen molar-refractivity contribution in [1.29, 1.82) is 0 Å². The first-order chi connectivity index (χ1) is 33.6. The second-order valence-corrected chi connectivity index (χ2v) is 18.5. The number of hydrogen-bond donors (Lipinski definition) is 3. The fourth-order valence-electron chi connectivity index (χ4n) is 7.89. The largest absolute Gasteiger partial charge is 0.479 e. The molecular weight excluding hydrogens is 877 g/mol. The maximum absolute atomic E-state index is 13.1. The highest BCUT2D eigenvalue weighted by Crippen LogP contribution is 2.26. The molecule has 1 fully saturated rings. The number of allylic oxidation sites excluding steroid dienone is 10. The summed E-state index contributed by atoms with van der Waals surface area (Å²) in [6, 6.07) is 0. The van der Waals surface area contributed by atoms with Crippen LogP contribution in [0.1, 0.15) is 226 Å². The highest BCUT2D eigenvalue weighted by atomic mass is 16.7. The van der Waals surface area contributed by atoms with E-state index in [-0.39, 0.29) is 25.9 Å². The molecule has 6 atom stereocenters. The second-order valence-electron chi connectivity index (χ2n) is 18.5. The predicted octanol–water partition coefficient (Wildman–Crippen LogP) is 13.2. The molecule has 3 N–H and O–H groups in total. The molecule has 0 saturated carbocycles. The highest BCUT2D eigenvalue weighted by Gasteiger charge is 2.50. The maximum Gasteiger partial charge on any atom is 0.335 e. The fourth-order valence-corrected chi connectivity index (χ4v) is 7.89. The van der Waals surface area contributed by atoms with E-state index in [2.05, 4.69) is 81.5 Å². The van der Waals surface area contributed by atoms with Crippen LogP contribution in [0.4, 0.5) is 0 Å². The van der Waals surface area contributed by atoms with Crippen LogP contribution < -0.4 is 0 Å². The molecule has 12 nitrogen and oxygen atoms in total. The zero-order valence-corrected chi connectivity index (χ0v) is 43.3. The lowest BCUT2D eigenvalue weighted by Gasteiger charge is -2.40. The number of rotatable bonds is 45. The van der Waals surface area contributed by atoms with E-state index in [0.29, 0.717) is 19.3 Å². The molecule has 0 amide bonds. The number of unbranched alkanes of at least 4 members (excludes halogenated alkanes) is 21. The second kappa shape index (κ2) is 45.6. The third-order valence-electron chi connectivity index (χ3n) is 12.1. The van der Waals surface area contributed by atoms with E-state index < -0.39 is 67.3 Å². The van der Waals surface area contributed by atoms with Gasteiger partial charge in [0.1, 0.15) is 18.8 Å². The van der Waals surface area contributed by atoms with Crippen LogP contribution in [-0.4, -0.2) is 89.2 Å². The number of carboxylic acid groups (broad SMARTS) is 1. The predicted molar refractivity (Wildman–Crippen MR) is 275 cm³/mol. The number of aliphatic hydroxyl groups excluding tert-OH is 2. The minimum absolute atomic E-state index is 0.0583. The number of aliphatic carboxylic acids is 1. The van der Waals surface area contributed by atoms with E-state index in [4.69, 9.17) is 23.7 Å². The number of carbonyl (C=O) groups excluding carboxylic acids is 3. The zero-order valence-electron chi connectivity index (χ0n) is 43.3. The molecule has 1 saturated heterocycles. The van der Waals surface area contributed by atoms with Crippen molar-refractivity contribution in [2.24, 2.45) is 0 Å². The maximum atomic E-state index is 13.1. The average Bonchev–Trinajstić information content (AvgIpc) is 3.33. The topological polar surface area (TPSA) is 175 Å². The number of aliphatic hydroxyl groups is 2. The summed E-state index contributed by atoms with van der Waals surface area (Å²) in [5.41, 5.74) is 0. The minimum Gasteiger partial charge on any atom is -0.479 e. The SMILES string of the molecule is CC/C=C\C/C=C\C/C=C\CCCCCCCC(=O)OCC(COC1OC(C(=O)O)C(O)C(O)C1OC(=O)CCCCCCCCCCCCC)OC(=O)CCCCCCC/C=C\C/C=C\CCC. The summed E-state index contributed by atoms with van der Waals surface area (Å²) in [6.45, 7) is 5.76. The number of hydrogen-bond acceptors (Lipinski definition) is 11. The lowest BCUT2D eigenvalue weighted by atomic mass is 9.98. The first kappa shape index (κ1) is 63.4. The van der Waals surface area contributed by atoms with Gasteiger partial charge >= 0.3 is 23.9 Å². The Hall–Kier alpha value is -3.58. The van der Waals surface area contributed by atoms with Crippen LogP contribution in [0.5, 0.6) is 0 Å². The summed E-state index contributed by atoms with van der Waals surface area (Å²) in [6.07, 6.45) is 42.0. The van der Waals surface area contributed by atoms with Crippen molar-refractivity contribution in [2.45, 2.75) is 263 Å². The Balaban J connectivity index is 2.74. The molecule has 12 heteroatoms. The Labute approximate surface area is 417 Å². The summed E-state index contributed by atoms with van der Waals surface area (Å²) in [7, 11) is 0. The standard InChI is InChI=1S/C57H96O12/c1-4-7-10-13-16-19-22-24-25-27-29-31-34-37-40-43-49(58)65-46-48(67-50(59)44-41-38-35-33-30-26-23-20-17-14-11-8-5-2)47-66-57-55(53(62)52(61)54(69-57)56(63)64)68-51(60)45-42-39-36-32-28-21-18-15-12-9-6-3/h7,10-11,14,16,19-20,23-25,48,52-55,57,61-62H,4-6,8-9,12-13,15,17-18,21-22,26-47H2,1-3H3,(H,63,64)/b10-7-,14-11-,19-16-,23-20-,25-24-. The molecule has 0 radical (unpaired) electrons. The monoisotopic (exact) mass is 973 g/mol. The summed E-state index contributed by atoms with van der Waals surface area (Å²) < 4.78 is 28.3. The van der Waals surface area contributed by atoms with Gasteiger partial charge in [-0.25, -0.2) is 4.79 Å². The van der Waals surface area contributed by atoms with Crippen LogP contribution in [0.3, 0.4) is 0 Å². The molecule has 1 rings (SSSR count). The zero-order chi connectivity index (χ0) is 50.4. The molecular formula is C57H96O12. The van der Waals surface area contributed by atoms with Crippen LogP contribution in [-0.2, 0) is 42.9 Å². The number of esters is 3. The Kier molecular flexibility index (Phi) is 41.9. The van der Waals surface area contributed by atoms with Crippen molar-refractivity contribution >= 4 is 23.9 Å². The van der Waals surface area contributed by atoms with Gasteiger partial charge in [-0.05, 0) is 77.0 Å². The van der Waals surface area contributed by atoms with Crippen LogP contribution in [0, 0.1) is 0 Å². The van der Waals surface area contributed by atoms with Gasteiger partial charge in [0, 0.05) is 19.3 Å². The van der Waals surface area contributed by atoms with Gasteiger partial charge in [-0.2, -0.15) is 0 Å². The van der Waals surface area contributed by atoms with Crippen LogP contribution in [0.2, 0.25) is 0 Å². The van der Waals surface area contributed by atoms with E-state index in [1.54, 1.807) is 0 Å². The van der Waals surface area contributed by atoms with Gasteiger partial charge in [-0.1, -0.05) is 191 Å². The smallest absolute Gasteiger partial charge is 0.335 e. The molecule has 1 aliphatic rings. The number of ether oxygens (including phenoxy) is 5. The van der Waals surface area contributed by atoms with Gasteiger partial charge in [0.05, 0.1) is 6.61 Å². The fraction of sp³-hybridized carbons (Fsp3) is 0.754. The lowest BCUT2D eigenvalue weighted by Crippen LogP contribution is -2.61. The van der Waals surface area contributed by atoms with Crippen molar-refractivity contribution in [1.82, 2.24) is 0 Å². The summed E-state index contributed by atoms with van der Waals surface area (Å²) in [5.74, 6) is -3.16. The van der Waals surface area contributed by atoms with Crippen LogP contribution >= 0.6 is 0 Å². The van der Waals surface area contributed by atoms with Crippen LogP contribution in [0.15, 0.2) is 60.8 Å². The molecule has 6 unspecified atom stereocenters. The van der Waals surface area contributed by atoms with Gasteiger partial charge < -0.3 is 39.0 Å². The lowest BCUT2D eigenvalue weighted by molar-refractivity contribution is -0.301. The van der Waals surface area contributed by atoms with Gasteiger partial charge in [-0.3, -0.25) is 14.4 Å². The molecule has 0 spiro atoms. The van der Waals surface area contributed by atoms with Crippen molar-refractivity contribution < 1.29 is 58.2 Å². The third kappa shape index (κ3) is 36.1. The van der Waals surface area contributed by atoms with Crippen molar-refractivity contribution in [3.05, 3.63) is 60.8 Å². The molecule has 1 heterocycles. The molecule has 0 aromatic heterocycles. The Morgan fingerprint density at radius 1 is 0.493 bits per heavy atom. The van der Waals surface area contributed by atoms with E-state index in [1.807, 2.05) is 0 Å². The first-order valence-electron chi connectivity index (χ1n) is 27.3. The van der Waals surface area contributed by atoms with Gasteiger partial charge in [-0.15, -0.1) is 0 Å². The van der Waals surface area contributed by atoms with Crippen LogP contribution in [0.25, 0.3) is 0 Å². The number of carboxylic acids is 1. The summed E-state index contributed by atoms with van der Waals surface area (Å²) in [4.78, 5) is 50.9. The van der Waals surface area contributed by atoms with Crippen molar-refractivity contribution in [3.63, 3.8) is 0 Å². The molecule has 1 aliphatic heterocycles. The molecule has 69 heavy (non-hydrogen) atoms. The molecule has 396 valence electrons. The van der Waals surface area contributed by atoms with Gasteiger partial charge in [0.2, 0.25) is 0 Å². The Bertz CT molecular complexity index is 1440. The van der Waals surface area contributed by atoms with Crippen molar-refractivity contribution in [3.8, 4) is 0 Å². The van der Waals surface area contributed by atoms with E-state index in [0.717, 1.165) is 128 Å². The molecule has 0 aromatic rings. The molecule has 0 bridgehead atoms. The third-order valence-corrected chi connectivity index (χ3v) is 12.1. The Morgan fingerprint density at radius 3 is 1.45 bits per heavy atom. The van der Waals surface area contributed by atoms with E-state index >= 15 is 0 Å². The normalized spacial score (nSPS) is 19.1. The van der Waals surface area contributed by atoms with Gasteiger partial charge in [0.25, 0.3) is 0 Å².